The highest BCUT2D eigenvalue weighted by atomic mass is 79.9. The number of thioether (sulfide) groups is 1. The minimum Gasteiger partial charge on any atom is -0.504 e. The average Bonchev–Trinajstić information content (AvgIpc) is 2.87. The highest BCUT2D eigenvalue weighted by molar-refractivity contribution is 9.10. The topological polar surface area (TPSA) is 49.8 Å². The molecule has 1 N–H and O–H groups in total. The van der Waals surface area contributed by atoms with E-state index in [1.807, 2.05) is 37.3 Å². The maximum absolute atomic E-state index is 12.8. The summed E-state index contributed by atoms with van der Waals surface area (Å²) >= 11 is 10.0. The number of para-hydroxylation sites is 1. The predicted molar refractivity (Wildman–Crippen MR) is 109 cm³/mol. The van der Waals surface area contributed by atoms with Gasteiger partial charge in [0.25, 0.3) is 5.91 Å². The van der Waals surface area contributed by atoms with Crippen LogP contribution < -0.4 is 9.64 Å². The third kappa shape index (κ3) is 3.73. The third-order valence-corrected chi connectivity index (χ3v) is 5.46. The number of nitrogens with zero attached hydrogens (tertiary/aromatic N) is 1. The van der Waals surface area contributed by atoms with Crippen molar-refractivity contribution in [2.75, 3.05) is 11.5 Å². The van der Waals surface area contributed by atoms with Gasteiger partial charge in [-0.1, -0.05) is 58.1 Å². The van der Waals surface area contributed by atoms with E-state index in [2.05, 4.69) is 15.9 Å². The Bertz CT molecular complexity index is 868. The number of ether oxygens (including phenoxy) is 1. The first-order valence-corrected chi connectivity index (χ1v) is 9.51. The van der Waals surface area contributed by atoms with Crippen molar-refractivity contribution in [2.45, 2.75) is 6.92 Å². The van der Waals surface area contributed by atoms with Gasteiger partial charge in [-0.15, -0.1) is 0 Å². The number of amides is 1. The molecule has 1 heterocycles. The van der Waals surface area contributed by atoms with Gasteiger partial charge in [-0.3, -0.25) is 9.69 Å². The van der Waals surface area contributed by atoms with Crippen molar-refractivity contribution in [1.82, 2.24) is 0 Å². The van der Waals surface area contributed by atoms with Crippen molar-refractivity contribution in [3.8, 4) is 11.5 Å². The molecule has 128 valence electrons. The summed E-state index contributed by atoms with van der Waals surface area (Å²) in [6.07, 6.45) is 1.74. The van der Waals surface area contributed by atoms with Crippen LogP contribution in [0, 0.1) is 0 Å². The molecular formula is C18H14BrNO3S2. The standard InChI is InChI=1S/C18H14BrNO3S2/c1-2-23-15-8-11(13(19)10-14(15)21)9-16-17(22)20(18(24)25-16)12-6-4-3-5-7-12/h3-10,21H,2H2,1H3/b16-9+. The monoisotopic (exact) mass is 435 g/mol. The number of anilines is 1. The number of thiocarbonyl (C=S) groups is 1. The Balaban J connectivity index is 1.96. The van der Waals surface area contributed by atoms with Gasteiger partial charge < -0.3 is 9.84 Å². The minimum atomic E-state index is -0.167. The SMILES string of the molecule is CCOc1cc(/C=C2/SC(=S)N(c3ccccc3)C2=O)c(Br)cc1O. The number of phenolic OH excluding ortho intramolecular Hbond substituents is 1. The lowest BCUT2D eigenvalue weighted by Crippen LogP contribution is -2.27. The molecule has 1 amide bonds. The van der Waals surface area contributed by atoms with Crippen LogP contribution in [0.3, 0.4) is 0 Å². The van der Waals surface area contributed by atoms with Crippen molar-refractivity contribution in [3.05, 3.63) is 57.4 Å². The minimum absolute atomic E-state index is 0.0442. The van der Waals surface area contributed by atoms with Crippen molar-refractivity contribution < 1.29 is 14.6 Å². The van der Waals surface area contributed by atoms with Gasteiger partial charge >= 0.3 is 0 Å². The van der Waals surface area contributed by atoms with E-state index in [1.165, 1.54) is 16.7 Å². The molecule has 1 aliphatic heterocycles. The Hall–Kier alpha value is -1.83. The molecule has 0 aliphatic carbocycles. The molecule has 0 atom stereocenters. The number of aromatic hydroxyl groups is 1. The fourth-order valence-electron chi connectivity index (χ4n) is 2.35. The van der Waals surface area contributed by atoms with Gasteiger partial charge in [0.15, 0.2) is 15.8 Å². The molecule has 0 bridgehead atoms. The Kier molecular flexibility index (Phi) is 5.46. The first kappa shape index (κ1) is 18.0. The molecule has 0 spiro atoms. The Morgan fingerprint density at radius 1 is 1.32 bits per heavy atom. The summed E-state index contributed by atoms with van der Waals surface area (Å²) in [6, 6.07) is 12.5. The van der Waals surface area contributed by atoms with E-state index in [9.17, 15) is 9.90 Å². The number of halogens is 1. The van der Waals surface area contributed by atoms with E-state index >= 15 is 0 Å². The molecule has 0 saturated carbocycles. The normalized spacial score (nSPS) is 15.9. The molecule has 0 radical (unpaired) electrons. The summed E-state index contributed by atoms with van der Waals surface area (Å²) in [5.74, 6) is 0.248. The van der Waals surface area contributed by atoms with E-state index < -0.39 is 0 Å². The van der Waals surface area contributed by atoms with Crippen LogP contribution in [0.4, 0.5) is 5.69 Å². The Labute approximate surface area is 163 Å². The van der Waals surface area contributed by atoms with E-state index in [4.69, 9.17) is 17.0 Å². The number of hydrogen-bond acceptors (Lipinski definition) is 5. The molecule has 4 nitrogen and oxygen atoms in total. The second-order valence-corrected chi connectivity index (χ2v) is 7.66. The van der Waals surface area contributed by atoms with Gasteiger partial charge in [-0.2, -0.15) is 0 Å². The number of carbonyl (C=O) groups excluding carboxylic acids is 1. The lowest BCUT2D eigenvalue weighted by atomic mass is 10.2. The lowest BCUT2D eigenvalue weighted by Gasteiger charge is -2.13. The van der Waals surface area contributed by atoms with Gasteiger partial charge in [0.2, 0.25) is 0 Å². The summed E-state index contributed by atoms with van der Waals surface area (Å²) < 4.78 is 6.56. The summed E-state index contributed by atoms with van der Waals surface area (Å²) in [4.78, 5) is 14.8. The van der Waals surface area contributed by atoms with Gasteiger partial charge in [0.1, 0.15) is 0 Å². The fraction of sp³-hybridized carbons (Fsp3) is 0.111. The second-order valence-electron chi connectivity index (χ2n) is 5.13. The largest absolute Gasteiger partial charge is 0.504 e. The number of phenols is 1. The molecule has 1 fully saturated rings. The van der Waals surface area contributed by atoms with Crippen LogP contribution >= 0.6 is 39.9 Å². The first-order chi connectivity index (χ1) is 12.0. The molecule has 3 rings (SSSR count). The summed E-state index contributed by atoms with van der Waals surface area (Å²) in [7, 11) is 0. The summed E-state index contributed by atoms with van der Waals surface area (Å²) in [6.45, 7) is 2.27. The number of carbonyl (C=O) groups is 1. The summed E-state index contributed by atoms with van der Waals surface area (Å²) in [5.41, 5.74) is 1.47. The molecule has 1 saturated heterocycles. The predicted octanol–water partition coefficient (Wildman–Crippen LogP) is 4.96. The van der Waals surface area contributed by atoms with Crippen molar-refractivity contribution >= 4 is 61.9 Å². The quantitative estimate of drug-likeness (QED) is 0.543. The smallest absolute Gasteiger partial charge is 0.270 e. The second kappa shape index (κ2) is 7.59. The molecule has 2 aromatic carbocycles. The highest BCUT2D eigenvalue weighted by Crippen LogP contribution is 2.39. The van der Waals surface area contributed by atoms with Gasteiger partial charge in [-0.25, -0.2) is 0 Å². The third-order valence-electron chi connectivity index (χ3n) is 3.47. The van der Waals surface area contributed by atoms with Crippen LogP contribution in [0.1, 0.15) is 12.5 Å². The van der Waals surface area contributed by atoms with Gasteiger partial charge in [0.05, 0.1) is 17.2 Å². The van der Waals surface area contributed by atoms with Crippen molar-refractivity contribution in [1.29, 1.82) is 0 Å². The van der Waals surface area contributed by atoms with Crippen LogP contribution in [0.5, 0.6) is 11.5 Å². The molecular weight excluding hydrogens is 422 g/mol. The van der Waals surface area contributed by atoms with E-state index in [0.717, 1.165) is 11.3 Å². The molecule has 0 aromatic heterocycles. The number of rotatable bonds is 4. The van der Waals surface area contributed by atoms with Crippen LogP contribution in [-0.2, 0) is 4.79 Å². The van der Waals surface area contributed by atoms with Crippen LogP contribution in [0.25, 0.3) is 6.08 Å². The Morgan fingerprint density at radius 2 is 2.04 bits per heavy atom. The number of benzene rings is 2. The first-order valence-electron chi connectivity index (χ1n) is 7.49. The van der Waals surface area contributed by atoms with Crippen LogP contribution in [-0.4, -0.2) is 21.9 Å². The maximum atomic E-state index is 12.8. The van der Waals surface area contributed by atoms with Crippen LogP contribution in [0.15, 0.2) is 51.8 Å². The van der Waals surface area contributed by atoms with Crippen LogP contribution in [0.2, 0.25) is 0 Å². The molecule has 25 heavy (non-hydrogen) atoms. The fourth-order valence-corrected chi connectivity index (χ4v) is 4.08. The van der Waals surface area contributed by atoms with Gasteiger partial charge in [-0.05, 0) is 42.8 Å². The zero-order chi connectivity index (χ0) is 18.0. The summed E-state index contributed by atoms with van der Waals surface area (Å²) in [5, 5.41) is 9.92. The molecule has 0 unspecified atom stereocenters. The average molecular weight is 436 g/mol. The molecule has 7 heteroatoms. The molecule has 1 aliphatic rings. The maximum Gasteiger partial charge on any atom is 0.270 e. The van der Waals surface area contributed by atoms with E-state index in [0.29, 0.717) is 26.1 Å². The molecule has 2 aromatic rings. The van der Waals surface area contributed by atoms with Crippen molar-refractivity contribution in [3.63, 3.8) is 0 Å². The highest BCUT2D eigenvalue weighted by Gasteiger charge is 2.33. The lowest BCUT2D eigenvalue weighted by molar-refractivity contribution is -0.113. The Morgan fingerprint density at radius 3 is 2.72 bits per heavy atom. The zero-order valence-electron chi connectivity index (χ0n) is 13.2. The van der Waals surface area contributed by atoms with Gasteiger partial charge in [0, 0.05) is 4.47 Å². The van der Waals surface area contributed by atoms with Crippen molar-refractivity contribution in [2.24, 2.45) is 0 Å². The number of hydrogen-bond donors (Lipinski definition) is 1. The zero-order valence-corrected chi connectivity index (χ0v) is 16.5. The van der Waals surface area contributed by atoms with E-state index in [-0.39, 0.29) is 11.7 Å². The van der Waals surface area contributed by atoms with E-state index in [1.54, 1.807) is 18.2 Å².